The first kappa shape index (κ1) is 16.1. The molecule has 108 valence electrons. The number of aromatic nitrogens is 2. The van der Waals surface area contributed by atoms with Crippen LogP contribution in [-0.2, 0) is 9.59 Å². The Balaban J connectivity index is 2.82. The van der Waals surface area contributed by atoms with E-state index in [4.69, 9.17) is 34.0 Å². The van der Waals surface area contributed by atoms with Gasteiger partial charge in [-0.25, -0.2) is 4.79 Å². The van der Waals surface area contributed by atoms with Crippen LogP contribution in [0.3, 0.4) is 0 Å². The maximum atomic E-state index is 11.9. The second-order valence-corrected chi connectivity index (χ2v) is 4.49. The molecule has 0 aliphatic rings. The maximum Gasteiger partial charge on any atom is 0.326 e. The van der Waals surface area contributed by atoms with Gasteiger partial charge in [0, 0.05) is 6.42 Å². The lowest BCUT2D eigenvalue weighted by atomic mass is 10.1. The second-order valence-electron chi connectivity index (χ2n) is 3.74. The van der Waals surface area contributed by atoms with E-state index in [-0.39, 0.29) is 28.7 Å². The summed E-state index contributed by atoms with van der Waals surface area (Å²) in [6.07, 6.45) is -0.319. The zero-order valence-electron chi connectivity index (χ0n) is 9.97. The molecule has 2 amide bonds. The van der Waals surface area contributed by atoms with Crippen LogP contribution in [0.15, 0.2) is 6.07 Å². The van der Waals surface area contributed by atoms with Gasteiger partial charge >= 0.3 is 5.97 Å². The van der Waals surface area contributed by atoms with Gasteiger partial charge in [-0.1, -0.05) is 23.2 Å². The van der Waals surface area contributed by atoms with Crippen molar-refractivity contribution in [1.82, 2.24) is 15.5 Å². The molecule has 0 radical (unpaired) electrons. The minimum Gasteiger partial charge on any atom is -0.480 e. The van der Waals surface area contributed by atoms with E-state index in [1.54, 1.807) is 0 Å². The summed E-state index contributed by atoms with van der Waals surface area (Å²) in [6, 6.07) is -0.128. The molecule has 1 rings (SSSR count). The van der Waals surface area contributed by atoms with Crippen molar-refractivity contribution in [2.45, 2.75) is 18.9 Å². The summed E-state index contributed by atoms with van der Waals surface area (Å²) in [5.41, 5.74) is 4.81. The summed E-state index contributed by atoms with van der Waals surface area (Å²) in [5.74, 6) is -2.76. The quantitative estimate of drug-likeness (QED) is 0.686. The van der Waals surface area contributed by atoms with Gasteiger partial charge in [0.1, 0.15) is 6.04 Å². The van der Waals surface area contributed by atoms with Crippen LogP contribution in [-0.4, -0.2) is 39.1 Å². The number of hydrogen-bond acceptors (Lipinski definition) is 5. The van der Waals surface area contributed by atoms with Gasteiger partial charge < -0.3 is 16.2 Å². The van der Waals surface area contributed by atoms with Crippen LogP contribution in [0.25, 0.3) is 0 Å². The smallest absolute Gasteiger partial charge is 0.326 e. The Bertz CT molecular complexity index is 552. The Morgan fingerprint density at radius 2 is 2.00 bits per heavy atom. The molecule has 0 saturated carbocycles. The number of nitrogens with zero attached hydrogens (tertiary/aromatic N) is 2. The molecular formula is C10H10Cl2N4O4. The summed E-state index contributed by atoms with van der Waals surface area (Å²) in [5, 5.41) is 17.7. The Hall–Kier alpha value is -1.93. The van der Waals surface area contributed by atoms with Crippen molar-refractivity contribution in [3.05, 3.63) is 21.9 Å². The van der Waals surface area contributed by atoms with Crippen molar-refractivity contribution in [3.63, 3.8) is 0 Å². The Labute approximate surface area is 123 Å². The van der Waals surface area contributed by atoms with Gasteiger partial charge in [0.2, 0.25) is 5.91 Å². The fraction of sp³-hybridized carbons (Fsp3) is 0.300. The summed E-state index contributed by atoms with van der Waals surface area (Å²) >= 11 is 11.2. The number of carbonyl (C=O) groups is 3. The first-order chi connectivity index (χ1) is 9.31. The van der Waals surface area contributed by atoms with Crippen molar-refractivity contribution in [2.75, 3.05) is 0 Å². The molecule has 10 heteroatoms. The normalized spacial score (nSPS) is 11.7. The maximum absolute atomic E-state index is 11.9. The average Bonchev–Trinajstić information content (AvgIpc) is 2.36. The third-order valence-corrected chi connectivity index (χ3v) is 2.71. The first-order valence-corrected chi connectivity index (χ1v) is 6.07. The van der Waals surface area contributed by atoms with Gasteiger partial charge in [-0.2, -0.15) is 0 Å². The second kappa shape index (κ2) is 7.01. The number of hydrogen-bond donors (Lipinski definition) is 3. The van der Waals surface area contributed by atoms with E-state index in [1.165, 1.54) is 0 Å². The Morgan fingerprint density at radius 1 is 1.35 bits per heavy atom. The molecule has 0 bridgehead atoms. The fourth-order valence-corrected chi connectivity index (χ4v) is 1.62. The van der Waals surface area contributed by atoms with Crippen molar-refractivity contribution < 1.29 is 19.5 Å². The number of primary amides is 1. The van der Waals surface area contributed by atoms with Crippen LogP contribution in [0.2, 0.25) is 10.3 Å². The molecular weight excluding hydrogens is 311 g/mol. The number of rotatable bonds is 6. The molecule has 0 aliphatic carbocycles. The molecule has 0 spiro atoms. The fourth-order valence-electron chi connectivity index (χ4n) is 1.29. The van der Waals surface area contributed by atoms with Crippen molar-refractivity contribution in [2.24, 2.45) is 5.73 Å². The van der Waals surface area contributed by atoms with Gasteiger partial charge in [-0.15, -0.1) is 10.2 Å². The molecule has 1 atom stereocenters. The van der Waals surface area contributed by atoms with Gasteiger partial charge in [-0.05, 0) is 12.5 Å². The minimum absolute atomic E-state index is 0.0661. The van der Waals surface area contributed by atoms with E-state index >= 15 is 0 Å². The molecule has 0 saturated heterocycles. The summed E-state index contributed by atoms with van der Waals surface area (Å²) in [7, 11) is 0. The van der Waals surface area contributed by atoms with Crippen LogP contribution < -0.4 is 11.1 Å². The van der Waals surface area contributed by atoms with Gasteiger partial charge in [0.25, 0.3) is 5.91 Å². The minimum atomic E-state index is -1.30. The van der Waals surface area contributed by atoms with Crippen molar-refractivity contribution >= 4 is 41.0 Å². The van der Waals surface area contributed by atoms with Gasteiger partial charge in [-0.3, -0.25) is 9.59 Å². The highest BCUT2D eigenvalue weighted by atomic mass is 35.5. The molecule has 1 aromatic heterocycles. The van der Waals surface area contributed by atoms with E-state index < -0.39 is 23.8 Å². The van der Waals surface area contributed by atoms with Gasteiger partial charge in [0.05, 0.1) is 5.56 Å². The number of amides is 2. The lowest BCUT2D eigenvalue weighted by molar-refractivity contribution is -0.139. The number of carboxylic acids is 1. The molecule has 0 unspecified atom stereocenters. The number of aliphatic carboxylic acids is 1. The SMILES string of the molecule is NC(=O)CC[C@@H](NC(=O)c1cc(Cl)nnc1Cl)C(=O)O. The van der Waals surface area contributed by atoms with Crippen LogP contribution in [0, 0.1) is 0 Å². The summed E-state index contributed by atoms with van der Waals surface area (Å²) < 4.78 is 0. The number of nitrogens with one attached hydrogen (secondary N) is 1. The van der Waals surface area contributed by atoms with Crippen LogP contribution >= 0.6 is 23.2 Å². The van der Waals surface area contributed by atoms with E-state index in [9.17, 15) is 14.4 Å². The van der Waals surface area contributed by atoms with E-state index in [0.717, 1.165) is 6.07 Å². The molecule has 0 fully saturated rings. The van der Waals surface area contributed by atoms with E-state index in [0.29, 0.717) is 0 Å². The lowest BCUT2D eigenvalue weighted by Crippen LogP contribution is -2.41. The molecule has 1 aromatic rings. The highest BCUT2D eigenvalue weighted by Gasteiger charge is 2.23. The number of halogens is 2. The Morgan fingerprint density at radius 3 is 2.55 bits per heavy atom. The van der Waals surface area contributed by atoms with E-state index in [2.05, 4.69) is 15.5 Å². The van der Waals surface area contributed by atoms with Crippen LogP contribution in [0.5, 0.6) is 0 Å². The number of nitrogens with two attached hydrogens (primary N) is 1. The zero-order chi connectivity index (χ0) is 15.3. The summed E-state index contributed by atoms with van der Waals surface area (Å²) in [6.45, 7) is 0. The average molecular weight is 321 g/mol. The number of carboxylic acid groups (broad SMARTS) is 1. The number of carbonyl (C=O) groups excluding carboxylic acids is 2. The van der Waals surface area contributed by atoms with Crippen LogP contribution in [0.1, 0.15) is 23.2 Å². The molecule has 8 nitrogen and oxygen atoms in total. The first-order valence-electron chi connectivity index (χ1n) is 5.32. The van der Waals surface area contributed by atoms with Crippen molar-refractivity contribution in [3.8, 4) is 0 Å². The van der Waals surface area contributed by atoms with Crippen LogP contribution in [0.4, 0.5) is 0 Å². The van der Waals surface area contributed by atoms with Crippen molar-refractivity contribution in [1.29, 1.82) is 0 Å². The third kappa shape index (κ3) is 4.63. The molecule has 1 heterocycles. The molecule has 20 heavy (non-hydrogen) atoms. The van der Waals surface area contributed by atoms with Gasteiger partial charge in [0.15, 0.2) is 10.3 Å². The summed E-state index contributed by atoms with van der Waals surface area (Å²) in [4.78, 5) is 33.5. The zero-order valence-corrected chi connectivity index (χ0v) is 11.5. The predicted molar refractivity (Wildman–Crippen MR) is 69.4 cm³/mol. The predicted octanol–water partition coefficient (Wildman–Crippen LogP) is 0.232. The topological polar surface area (TPSA) is 135 Å². The highest BCUT2D eigenvalue weighted by Crippen LogP contribution is 2.15. The highest BCUT2D eigenvalue weighted by molar-refractivity contribution is 6.34. The third-order valence-electron chi connectivity index (χ3n) is 2.25. The Kier molecular flexibility index (Phi) is 5.66. The largest absolute Gasteiger partial charge is 0.480 e. The molecule has 4 N–H and O–H groups in total. The standard InChI is InChI=1S/C10H10Cl2N4O4/c11-6-3-4(8(12)16-15-6)9(18)14-5(10(19)20)1-2-7(13)17/h3,5H,1-2H2,(H2,13,17)(H,14,18)(H,19,20)/t5-/m1/s1. The monoisotopic (exact) mass is 320 g/mol. The molecule has 0 aliphatic heterocycles. The lowest BCUT2D eigenvalue weighted by Gasteiger charge is -2.13. The van der Waals surface area contributed by atoms with E-state index in [1.807, 2.05) is 0 Å². The molecule has 0 aromatic carbocycles.